The largest absolute Gasteiger partial charge is 0.345 e. The van der Waals surface area contributed by atoms with Crippen LogP contribution in [0.25, 0.3) is 0 Å². The maximum atomic E-state index is 12.7. The molecule has 19 heavy (non-hydrogen) atoms. The van der Waals surface area contributed by atoms with Crippen molar-refractivity contribution in [2.45, 2.75) is 18.9 Å². The zero-order chi connectivity index (χ0) is 13.4. The zero-order valence-corrected chi connectivity index (χ0v) is 13.1. The Hall–Kier alpha value is -1.07. The van der Waals surface area contributed by atoms with Crippen molar-refractivity contribution in [2.75, 3.05) is 6.54 Å². The van der Waals surface area contributed by atoms with E-state index in [-0.39, 0.29) is 11.9 Å². The van der Waals surface area contributed by atoms with Gasteiger partial charge in [-0.1, -0.05) is 0 Å². The molecule has 1 unspecified atom stereocenters. The first-order valence-electron chi connectivity index (χ1n) is 6.32. The molecule has 3 rings (SSSR count). The van der Waals surface area contributed by atoms with Gasteiger partial charge in [-0.25, -0.2) is 0 Å². The number of carbonyl (C=O) groups excluding carboxylic acids is 1. The van der Waals surface area contributed by atoms with Crippen molar-refractivity contribution < 1.29 is 4.79 Å². The predicted molar refractivity (Wildman–Crippen MR) is 80.4 cm³/mol. The molecule has 1 aliphatic heterocycles. The maximum absolute atomic E-state index is 12.7. The first kappa shape index (κ1) is 12.9. The molecule has 3 nitrogen and oxygen atoms in total. The molecular weight excluding hydrogens is 324 g/mol. The fourth-order valence-electron chi connectivity index (χ4n) is 2.70. The average Bonchev–Trinajstić information content (AvgIpc) is 3.06. The fraction of sp³-hybridized carbons (Fsp3) is 0.357. The van der Waals surface area contributed by atoms with Gasteiger partial charge in [0.15, 0.2) is 0 Å². The number of rotatable bonds is 2. The van der Waals surface area contributed by atoms with Gasteiger partial charge in [0.25, 0.3) is 5.91 Å². The monoisotopic (exact) mass is 338 g/mol. The molecule has 1 fully saturated rings. The average molecular weight is 339 g/mol. The SMILES string of the molecule is Cn1cc(Br)cc1C(=O)N1CCCC1c1ccsc1. The minimum absolute atomic E-state index is 0.127. The van der Waals surface area contributed by atoms with Crippen molar-refractivity contribution >= 4 is 33.2 Å². The lowest BCUT2D eigenvalue weighted by Crippen LogP contribution is -2.31. The van der Waals surface area contributed by atoms with Gasteiger partial charge in [0, 0.05) is 24.3 Å². The highest BCUT2D eigenvalue weighted by molar-refractivity contribution is 9.10. The first-order chi connectivity index (χ1) is 9.16. The summed E-state index contributed by atoms with van der Waals surface area (Å²) in [6.07, 6.45) is 4.06. The van der Waals surface area contributed by atoms with Crippen LogP contribution in [0.4, 0.5) is 0 Å². The van der Waals surface area contributed by atoms with Gasteiger partial charge >= 0.3 is 0 Å². The summed E-state index contributed by atoms with van der Waals surface area (Å²) in [6, 6.07) is 4.26. The van der Waals surface area contributed by atoms with Crippen LogP contribution in [0.1, 0.15) is 34.9 Å². The molecular formula is C14H15BrN2OS. The smallest absolute Gasteiger partial charge is 0.271 e. The third-order valence-corrected chi connectivity index (χ3v) is 4.77. The molecule has 1 amide bonds. The lowest BCUT2D eigenvalue weighted by molar-refractivity contribution is 0.0726. The predicted octanol–water partition coefficient (Wildman–Crippen LogP) is 3.83. The van der Waals surface area contributed by atoms with Gasteiger partial charge in [-0.3, -0.25) is 4.79 Å². The second kappa shape index (κ2) is 5.13. The molecule has 100 valence electrons. The highest BCUT2D eigenvalue weighted by Gasteiger charge is 2.31. The summed E-state index contributed by atoms with van der Waals surface area (Å²) in [4.78, 5) is 14.7. The summed E-state index contributed by atoms with van der Waals surface area (Å²) in [6.45, 7) is 0.849. The van der Waals surface area contributed by atoms with E-state index in [0.717, 1.165) is 29.6 Å². The number of carbonyl (C=O) groups is 1. The van der Waals surface area contributed by atoms with Crippen molar-refractivity contribution in [2.24, 2.45) is 7.05 Å². The zero-order valence-electron chi connectivity index (χ0n) is 10.7. The van der Waals surface area contributed by atoms with E-state index in [2.05, 4.69) is 32.8 Å². The Kier molecular flexibility index (Phi) is 3.50. The van der Waals surface area contributed by atoms with Crippen LogP contribution < -0.4 is 0 Å². The first-order valence-corrected chi connectivity index (χ1v) is 8.05. The molecule has 0 N–H and O–H groups in total. The third kappa shape index (κ3) is 2.37. The Morgan fingerprint density at radius 1 is 1.53 bits per heavy atom. The number of hydrogen-bond donors (Lipinski definition) is 0. The summed E-state index contributed by atoms with van der Waals surface area (Å²) >= 11 is 5.12. The van der Waals surface area contributed by atoms with Gasteiger partial charge in [0.2, 0.25) is 0 Å². The molecule has 0 radical (unpaired) electrons. The molecule has 0 aromatic carbocycles. The summed E-state index contributed by atoms with van der Waals surface area (Å²) in [5.74, 6) is 0.127. The van der Waals surface area contributed by atoms with Crippen LogP contribution in [0, 0.1) is 0 Å². The van der Waals surface area contributed by atoms with Gasteiger partial charge in [0.05, 0.1) is 6.04 Å². The number of aromatic nitrogens is 1. The summed E-state index contributed by atoms with van der Waals surface area (Å²) in [5.41, 5.74) is 2.01. The van der Waals surface area contributed by atoms with Crippen LogP contribution in [-0.4, -0.2) is 21.9 Å². The number of likely N-dealkylation sites (tertiary alicyclic amines) is 1. The molecule has 5 heteroatoms. The van der Waals surface area contributed by atoms with Gasteiger partial charge < -0.3 is 9.47 Å². The Labute approximate surface area is 125 Å². The van der Waals surface area contributed by atoms with Crippen molar-refractivity contribution in [3.63, 3.8) is 0 Å². The van der Waals surface area contributed by atoms with Crippen LogP contribution in [0.15, 0.2) is 33.6 Å². The van der Waals surface area contributed by atoms with Crippen LogP contribution in [-0.2, 0) is 7.05 Å². The summed E-state index contributed by atoms with van der Waals surface area (Å²) in [7, 11) is 1.91. The van der Waals surface area contributed by atoms with Crippen molar-refractivity contribution in [1.82, 2.24) is 9.47 Å². The Balaban J connectivity index is 1.89. The van der Waals surface area contributed by atoms with E-state index < -0.39 is 0 Å². The lowest BCUT2D eigenvalue weighted by atomic mass is 10.1. The van der Waals surface area contributed by atoms with Gasteiger partial charge in [-0.15, -0.1) is 0 Å². The minimum atomic E-state index is 0.127. The number of hydrogen-bond acceptors (Lipinski definition) is 2. The van der Waals surface area contributed by atoms with Gasteiger partial charge in [0.1, 0.15) is 5.69 Å². The molecule has 0 bridgehead atoms. The van der Waals surface area contributed by atoms with E-state index in [1.807, 2.05) is 28.8 Å². The lowest BCUT2D eigenvalue weighted by Gasteiger charge is -2.24. The van der Waals surface area contributed by atoms with Gasteiger partial charge in [-0.05, 0) is 57.2 Å². The Morgan fingerprint density at radius 2 is 2.37 bits per heavy atom. The summed E-state index contributed by atoms with van der Waals surface area (Å²) in [5, 5.41) is 4.23. The topological polar surface area (TPSA) is 25.2 Å². The van der Waals surface area contributed by atoms with Crippen LogP contribution in [0.3, 0.4) is 0 Å². The van der Waals surface area contributed by atoms with E-state index in [1.54, 1.807) is 11.3 Å². The van der Waals surface area contributed by atoms with Crippen molar-refractivity contribution in [1.29, 1.82) is 0 Å². The minimum Gasteiger partial charge on any atom is -0.345 e. The second-order valence-electron chi connectivity index (χ2n) is 4.87. The van der Waals surface area contributed by atoms with Crippen LogP contribution >= 0.6 is 27.3 Å². The van der Waals surface area contributed by atoms with Crippen LogP contribution in [0.2, 0.25) is 0 Å². The molecule has 0 saturated carbocycles. The Morgan fingerprint density at radius 3 is 3.00 bits per heavy atom. The van der Waals surface area contributed by atoms with Crippen molar-refractivity contribution in [3.8, 4) is 0 Å². The molecule has 0 spiro atoms. The molecule has 2 aromatic heterocycles. The fourth-order valence-corrected chi connectivity index (χ4v) is 3.94. The molecule has 3 heterocycles. The molecule has 1 aliphatic rings. The Bertz CT molecular complexity index is 591. The van der Waals surface area contributed by atoms with Crippen molar-refractivity contribution in [3.05, 3.63) is 44.8 Å². The number of thiophene rings is 1. The molecule has 1 saturated heterocycles. The molecule has 0 aliphatic carbocycles. The van der Waals surface area contributed by atoms with E-state index in [1.165, 1.54) is 5.56 Å². The number of aryl methyl sites for hydroxylation is 1. The highest BCUT2D eigenvalue weighted by Crippen LogP contribution is 2.34. The second-order valence-corrected chi connectivity index (χ2v) is 6.56. The highest BCUT2D eigenvalue weighted by atomic mass is 79.9. The molecule has 1 atom stereocenters. The van der Waals surface area contributed by atoms with E-state index in [0.29, 0.717) is 0 Å². The standard InChI is InChI=1S/C14H15BrN2OS/c1-16-8-11(15)7-13(16)14(18)17-5-2-3-12(17)10-4-6-19-9-10/h4,6-9,12H,2-3,5H2,1H3. The molecule has 2 aromatic rings. The third-order valence-electron chi connectivity index (χ3n) is 3.63. The number of amides is 1. The number of halogens is 1. The maximum Gasteiger partial charge on any atom is 0.271 e. The van der Waals surface area contributed by atoms with Gasteiger partial charge in [-0.2, -0.15) is 11.3 Å². The van der Waals surface area contributed by atoms with E-state index >= 15 is 0 Å². The quantitative estimate of drug-likeness (QED) is 0.816. The van der Waals surface area contributed by atoms with E-state index in [4.69, 9.17) is 0 Å². The van der Waals surface area contributed by atoms with Crippen LogP contribution in [0.5, 0.6) is 0 Å². The number of nitrogens with zero attached hydrogens (tertiary/aromatic N) is 2. The normalized spacial score (nSPS) is 19.1. The summed E-state index contributed by atoms with van der Waals surface area (Å²) < 4.78 is 2.83. The van der Waals surface area contributed by atoms with E-state index in [9.17, 15) is 4.79 Å².